The lowest BCUT2D eigenvalue weighted by molar-refractivity contribution is -0.127. The van der Waals surface area contributed by atoms with Crippen LogP contribution in [0.5, 0.6) is 0 Å². The quantitative estimate of drug-likeness (QED) is 0.451. The summed E-state index contributed by atoms with van der Waals surface area (Å²) in [6.45, 7) is 4.10. The molecule has 0 atom stereocenters. The van der Waals surface area contributed by atoms with Crippen molar-refractivity contribution >= 4 is 5.82 Å². The van der Waals surface area contributed by atoms with Crippen molar-refractivity contribution in [3.63, 3.8) is 0 Å². The molecule has 1 aromatic heterocycles. The fraction of sp³-hybridized carbons (Fsp3) is 0.545. The van der Waals surface area contributed by atoms with Gasteiger partial charge in [-0.15, -0.1) is 0 Å². The number of pyridine rings is 1. The largest absolute Gasteiger partial charge is 0.380 e. The van der Waals surface area contributed by atoms with Gasteiger partial charge < -0.3 is 9.64 Å². The predicted octanol–water partition coefficient (Wildman–Crippen LogP) is 1.73. The summed E-state index contributed by atoms with van der Waals surface area (Å²) >= 11 is 0. The van der Waals surface area contributed by atoms with Crippen molar-refractivity contribution in [2.75, 3.05) is 31.2 Å². The topological polar surface area (TPSA) is 74.1 Å². The minimum atomic E-state index is 0.312. The highest BCUT2D eigenvalue weighted by atomic mass is 16.5. The Morgan fingerprint density at radius 1 is 1.47 bits per heavy atom. The Bertz CT molecular complexity index is 471. The van der Waals surface area contributed by atoms with Gasteiger partial charge in [0.1, 0.15) is 5.82 Å². The summed E-state index contributed by atoms with van der Waals surface area (Å²) < 4.78 is 5.24. The van der Waals surface area contributed by atoms with Crippen molar-refractivity contribution in [3.05, 3.63) is 34.3 Å². The molecule has 1 aromatic rings. The zero-order chi connectivity index (χ0) is 11.7. The van der Waals surface area contributed by atoms with Crippen LogP contribution in [0.3, 0.4) is 0 Å². The van der Waals surface area contributed by atoms with Gasteiger partial charge in [-0.3, -0.25) is 0 Å². The first-order valence-corrected chi connectivity index (χ1v) is 5.61. The second-order valence-electron chi connectivity index (χ2n) is 4.72. The van der Waals surface area contributed by atoms with E-state index in [2.05, 4.69) is 19.9 Å². The van der Waals surface area contributed by atoms with Gasteiger partial charge in [0.25, 0.3) is 0 Å². The first-order chi connectivity index (χ1) is 8.31. The maximum absolute atomic E-state index is 8.28. The molecule has 0 radical (unpaired) electrons. The number of hydrogen-bond acceptors (Lipinski definition) is 4. The molecule has 0 bridgehead atoms. The smallest absolute Gasteiger partial charge is 0.128 e. The number of rotatable bonds is 3. The molecule has 1 spiro atoms. The third-order valence-corrected chi connectivity index (χ3v) is 3.28. The van der Waals surface area contributed by atoms with E-state index >= 15 is 0 Å². The summed E-state index contributed by atoms with van der Waals surface area (Å²) in [4.78, 5) is 9.45. The van der Waals surface area contributed by atoms with E-state index < -0.39 is 0 Å². The van der Waals surface area contributed by atoms with Crippen molar-refractivity contribution < 1.29 is 4.74 Å². The SMILES string of the molecule is [N-]=[N+]=NCc1cccc(N2CC3(COC3)C2)n1. The predicted molar refractivity (Wildman–Crippen MR) is 62.6 cm³/mol. The van der Waals surface area contributed by atoms with Gasteiger partial charge in [-0.2, -0.15) is 0 Å². The molecule has 3 heterocycles. The van der Waals surface area contributed by atoms with Crippen LogP contribution in [0.2, 0.25) is 0 Å². The summed E-state index contributed by atoms with van der Waals surface area (Å²) in [7, 11) is 0. The highest BCUT2D eigenvalue weighted by molar-refractivity contribution is 5.44. The van der Waals surface area contributed by atoms with Crippen LogP contribution in [0.1, 0.15) is 5.69 Å². The van der Waals surface area contributed by atoms with Gasteiger partial charge in [0.2, 0.25) is 0 Å². The van der Waals surface area contributed by atoms with E-state index in [1.165, 1.54) is 0 Å². The fourth-order valence-electron chi connectivity index (χ4n) is 2.33. The molecule has 3 rings (SSSR count). The Morgan fingerprint density at radius 3 is 2.94 bits per heavy atom. The van der Waals surface area contributed by atoms with Gasteiger partial charge in [-0.1, -0.05) is 11.2 Å². The van der Waals surface area contributed by atoms with Gasteiger partial charge in [0.05, 0.1) is 25.2 Å². The van der Waals surface area contributed by atoms with Crippen LogP contribution in [0.25, 0.3) is 10.4 Å². The molecule has 0 amide bonds. The number of azide groups is 1. The van der Waals surface area contributed by atoms with E-state index in [1.807, 2.05) is 18.2 Å². The first-order valence-electron chi connectivity index (χ1n) is 5.61. The van der Waals surface area contributed by atoms with Crippen LogP contribution in [-0.2, 0) is 11.3 Å². The molecule has 88 valence electrons. The fourth-order valence-corrected chi connectivity index (χ4v) is 2.33. The lowest BCUT2D eigenvalue weighted by Gasteiger charge is -2.55. The van der Waals surface area contributed by atoms with Crippen molar-refractivity contribution in [2.45, 2.75) is 6.54 Å². The van der Waals surface area contributed by atoms with Crippen LogP contribution in [0, 0.1) is 5.41 Å². The van der Waals surface area contributed by atoms with Crippen molar-refractivity contribution in [1.29, 1.82) is 0 Å². The van der Waals surface area contributed by atoms with E-state index in [0.29, 0.717) is 12.0 Å². The Morgan fingerprint density at radius 2 is 2.29 bits per heavy atom. The molecule has 2 fully saturated rings. The number of ether oxygens (including phenoxy) is 1. The number of anilines is 1. The Kier molecular flexibility index (Phi) is 2.39. The molecule has 0 saturated carbocycles. The summed E-state index contributed by atoms with van der Waals surface area (Å²) in [6.07, 6.45) is 0. The van der Waals surface area contributed by atoms with Crippen molar-refractivity contribution in [2.24, 2.45) is 10.5 Å². The molecule has 6 nitrogen and oxygen atoms in total. The molecule has 0 N–H and O–H groups in total. The van der Waals surface area contributed by atoms with Crippen LogP contribution in [0.4, 0.5) is 5.82 Å². The average molecular weight is 231 g/mol. The molecule has 0 unspecified atom stereocenters. The molecule has 6 heteroatoms. The molecule has 0 aromatic carbocycles. The Hall–Kier alpha value is -1.78. The van der Waals surface area contributed by atoms with E-state index in [-0.39, 0.29) is 0 Å². The van der Waals surface area contributed by atoms with Gasteiger partial charge in [0.15, 0.2) is 0 Å². The van der Waals surface area contributed by atoms with E-state index in [0.717, 1.165) is 37.8 Å². The highest BCUT2D eigenvalue weighted by Crippen LogP contribution is 2.39. The lowest BCUT2D eigenvalue weighted by Crippen LogP contribution is -2.66. The summed E-state index contributed by atoms with van der Waals surface area (Å²) in [6, 6.07) is 5.82. The van der Waals surface area contributed by atoms with Gasteiger partial charge >= 0.3 is 0 Å². The monoisotopic (exact) mass is 231 g/mol. The summed E-state index contributed by atoms with van der Waals surface area (Å²) in [5.74, 6) is 0.966. The standard InChI is InChI=1S/C11H13N5O/c12-15-13-4-9-2-1-3-10(14-9)16-5-11(6-16)7-17-8-11/h1-3H,4-8H2. The third-order valence-electron chi connectivity index (χ3n) is 3.28. The lowest BCUT2D eigenvalue weighted by atomic mass is 9.78. The van der Waals surface area contributed by atoms with Crippen LogP contribution in [-0.4, -0.2) is 31.3 Å². The first kappa shape index (κ1) is 10.4. The van der Waals surface area contributed by atoms with Crippen molar-refractivity contribution in [3.8, 4) is 0 Å². The van der Waals surface area contributed by atoms with E-state index in [1.54, 1.807) is 0 Å². The molecule has 2 aliphatic heterocycles. The molecular weight excluding hydrogens is 218 g/mol. The van der Waals surface area contributed by atoms with E-state index in [9.17, 15) is 0 Å². The van der Waals surface area contributed by atoms with Gasteiger partial charge in [-0.05, 0) is 17.7 Å². The third kappa shape index (κ3) is 1.81. The van der Waals surface area contributed by atoms with Crippen LogP contribution in [0.15, 0.2) is 23.3 Å². The molecule has 2 aliphatic rings. The van der Waals surface area contributed by atoms with Gasteiger partial charge in [-0.25, -0.2) is 4.98 Å². The van der Waals surface area contributed by atoms with Crippen LogP contribution >= 0.6 is 0 Å². The second-order valence-corrected chi connectivity index (χ2v) is 4.72. The van der Waals surface area contributed by atoms with E-state index in [4.69, 9.17) is 10.3 Å². The summed E-state index contributed by atoms with van der Waals surface area (Å²) in [5.41, 5.74) is 9.48. The number of nitrogens with zero attached hydrogens (tertiary/aromatic N) is 5. The van der Waals surface area contributed by atoms with Crippen molar-refractivity contribution in [1.82, 2.24) is 4.98 Å². The average Bonchev–Trinajstić information content (AvgIpc) is 2.23. The molecule has 0 aliphatic carbocycles. The minimum Gasteiger partial charge on any atom is -0.380 e. The second kappa shape index (κ2) is 3.91. The summed E-state index contributed by atoms with van der Waals surface area (Å²) in [5, 5.41) is 3.52. The van der Waals surface area contributed by atoms with Crippen LogP contribution < -0.4 is 4.90 Å². The Balaban J connectivity index is 1.69. The zero-order valence-electron chi connectivity index (χ0n) is 9.41. The maximum atomic E-state index is 8.28. The zero-order valence-corrected chi connectivity index (χ0v) is 9.41. The molecule has 17 heavy (non-hydrogen) atoms. The maximum Gasteiger partial charge on any atom is 0.128 e. The van der Waals surface area contributed by atoms with Gasteiger partial charge in [0, 0.05) is 23.7 Å². The Labute approximate surface area is 98.8 Å². The molecule has 2 saturated heterocycles. The normalized spacial score (nSPS) is 20.4. The minimum absolute atomic E-state index is 0.312. The highest BCUT2D eigenvalue weighted by Gasteiger charge is 2.49. The molecular formula is C11H13N5O. The number of hydrogen-bond donors (Lipinski definition) is 0. The number of aromatic nitrogens is 1.